The van der Waals surface area contributed by atoms with E-state index in [2.05, 4.69) is 4.98 Å². The van der Waals surface area contributed by atoms with Crippen LogP contribution in [0, 0.1) is 6.92 Å². The predicted molar refractivity (Wildman–Crippen MR) is 96.2 cm³/mol. The monoisotopic (exact) mass is 339 g/mol. The van der Waals surface area contributed by atoms with Gasteiger partial charge in [-0.25, -0.2) is 4.98 Å². The standard InChI is InChI=1S/C19H21N3O3/c1-14-5-7-16(8-6-14)22-11-17(24-13-19(22)23)12-25-18-4-2-3-15(21-18)9-10-20/h2-10,17H,11-13,20H2,1H3/t17-/m0/s1. The minimum atomic E-state index is -0.213. The van der Waals surface area contributed by atoms with Crippen molar-refractivity contribution in [1.82, 2.24) is 4.98 Å². The molecule has 2 aromatic rings. The summed E-state index contributed by atoms with van der Waals surface area (Å²) in [5.74, 6) is 0.450. The number of amides is 1. The van der Waals surface area contributed by atoms with E-state index in [1.807, 2.05) is 43.3 Å². The molecule has 2 heterocycles. The zero-order valence-corrected chi connectivity index (χ0v) is 14.1. The van der Waals surface area contributed by atoms with Gasteiger partial charge in [0.25, 0.3) is 5.91 Å². The topological polar surface area (TPSA) is 77.7 Å². The summed E-state index contributed by atoms with van der Waals surface area (Å²) in [5, 5.41) is 0. The zero-order chi connectivity index (χ0) is 17.6. The van der Waals surface area contributed by atoms with Crippen molar-refractivity contribution < 1.29 is 14.3 Å². The fourth-order valence-corrected chi connectivity index (χ4v) is 2.58. The van der Waals surface area contributed by atoms with Gasteiger partial charge in [0.15, 0.2) is 0 Å². The molecule has 0 aliphatic carbocycles. The first-order valence-corrected chi connectivity index (χ1v) is 8.12. The van der Waals surface area contributed by atoms with Crippen LogP contribution in [0.1, 0.15) is 11.3 Å². The van der Waals surface area contributed by atoms with E-state index in [0.29, 0.717) is 19.0 Å². The minimum absolute atomic E-state index is 0.0469. The van der Waals surface area contributed by atoms with Gasteiger partial charge in [0, 0.05) is 11.8 Å². The number of hydrogen-bond donors (Lipinski definition) is 1. The van der Waals surface area contributed by atoms with Crippen molar-refractivity contribution in [2.24, 2.45) is 5.73 Å². The summed E-state index contributed by atoms with van der Waals surface area (Å²) < 4.78 is 11.3. The van der Waals surface area contributed by atoms with Crippen molar-refractivity contribution in [3.05, 3.63) is 59.9 Å². The van der Waals surface area contributed by atoms with Gasteiger partial charge in [-0.3, -0.25) is 4.79 Å². The normalized spacial score (nSPS) is 17.9. The van der Waals surface area contributed by atoms with E-state index in [0.717, 1.165) is 16.9 Å². The van der Waals surface area contributed by atoms with E-state index in [1.54, 1.807) is 17.0 Å². The van der Waals surface area contributed by atoms with Gasteiger partial charge in [-0.05, 0) is 37.4 Å². The number of carbonyl (C=O) groups is 1. The average Bonchev–Trinajstić information content (AvgIpc) is 2.62. The fraction of sp³-hybridized carbons (Fsp3) is 0.263. The summed E-state index contributed by atoms with van der Waals surface area (Å²) in [6.45, 7) is 2.83. The Morgan fingerprint density at radius 2 is 2.12 bits per heavy atom. The molecule has 1 amide bonds. The van der Waals surface area contributed by atoms with Crippen molar-refractivity contribution in [3.63, 3.8) is 0 Å². The van der Waals surface area contributed by atoms with Crippen LogP contribution < -0.4 is 15.4 Å². The second kappa shape index (κ2) is 7.81. The highest BCUT2D eigenvalue weighted by Crippen LogP contribution is 2.20. The molecule has 6 heteroatoms. The Balaban J connectivity index is 1.62. The maximum absolute atomic E-state index is 12.1. The summed E-state index contributed by atoms with van der Waals surface area (Å²) in [4.78, 5) is 18.2. The van der Waals surface area contributed by atoms with E-state index in [-0.39, 0.29) is 18.6 Å². The third-order valence-electron chi connectivity index (χ3n) is 3.90. The molecule has 0 spiro atoms. The van der Waals surface area contributed by atoms with Crippen LogP contribution in [-0.4, -0.2) is 36.8 Å². The molecule has 0 saturated carbocycles. The summed E-state index contributed by atoms with van der Waals surface area (Å²) in [7, 11) is 0. The first-order valence-electron chi connectivity index (χ1n) is 8.12. The lowest BCUT2D eigenvalue weighted by molar-refractivity contribution is -0.130. The van der Waals surface area contributed by atoms with Crippen LogP contribution in [-0.2, 0) is 9.53 Å². The molecular formula is C19H21N3O3. The molecule has 1 fully saturated rings. The quantitative estimate of drug-likeness (QED) is 0.903. The van der Waals surface area contributed by atoms with E-state index in [1.165, 1.54) is 6.20 Å². The maximum atomic E-state index is 12.1. The predicted octanol–water partition coefficient (Wildman–Crippen LogP) is 2.13. The van der Waals surface area contributed by atoms with E-state index < -0.39 is 0 Å². The van der Waals surface area contributed by atoms with Crippen molar-refractivity contribution in [1.29, 1.82) is 0 Å². The third-order valence-corrected chi connectivity index (χ3v) is 3.90. The number of benzene rings is 1. The molecule has 6 nitrogen and oxygen atoms in total. The van der Waals surface area contributed by atoms with E-state index in [4.69, 9.17) is 15.2 Å². The number of morpholine rings is 1. The Labute approximate surface area is 146 Å². The largest absolute Gasteiger partial charge is 0.475 e. The Morgan fingerprint density at radius 3 is 2.88 bits per heavy atom. The van der Waals surface area contributed by atoms with Crippen molar-refractivity contribution in [2.45, 2.75) is 13.0 Å². The van der Waals surface area contributed by atoms with Crippen LogP contribution in [0.3, 0.4) is 0 Å². The van der Waals surface area contributed by atoms with Crippen molar-refractivity contribution in [3.8, 4) is 5.88 Å². The average molecular weight is 339 g/mol. The minimum Gasteiger partial charge on any atom is -0.475 e. The molecule has 1 saturated heterocycles. The molecule has 0 radical (unpaired) electrons. The molecule has 0 bridgehead atoms. The van der Waals surface area contributed by atoms with Gasteiger partial charge in [0.2, 0.25) is 5.88 Å². The molecule has 2 N–H and O–H groups in total. The highest BCUT2D eigenvalue weighted by atomic mass is 16.5. The van der Waals surface area contributed by atoms with Gasteiger partial charge >= 0.3 is 0 Å². The van der Waals surface area contributed by atoms with Crippen LogP contribution in [0.2, 0.25) is 0 Å². The summed E-state index contributed by atoms with van der Waals surface area (Å²) in [6, 6.07) is 13.3. The number of rotatable bonds is 5. The lowest BCUT2D eigenvalue weighted by Gasteiger charge is -2.32. The number of pyridine rings is 1. The third kappa shape index (κ3) is 4.36. The Hall–Kier alpha value is -2.86. The Bertz CT molecular complexity index is 759. The van der Waals surface area contributed by atoms with Crippen LogP contribution in [0.25, 0.3) is 6.08 Å². The molecule has 1 aromatic heterocycles. The summed E-state index contributed by atoms with van der Waals surface area (Å²) >= 11 is 0. The number of aryl methyl sites for hydroxylation is 1. The van der Waals surface area contributed by atoms with Gasteiger partial charge in [0.1, 0.15) is 19.3 Å². The highest BCUT2D eigenvalue weighted by molar-refractivity contribution is 5.95. The zero-order valence-electron chi connectivity index (χ0n) is 14.1. The fourth-order valence-electron chi connectivity index (χ4n) is 2.58. The number of carbonyl (C=O) groups excluding carboxylic acids is 1. The van der Waals surface area contributed by atoms with E-state index >= 15 is 0 Å². The number of anilines is 1. The summed E-state index contributed by atoms with van der Waals surface area (Å²) in [5.41, 5.74) is 8.13. The Morgan fingerprint density at radius 1 is 1.32 bits per heavy atom. The van der Waals surface area contributed by atoms with Crippen LogP contribution in [0.15, 0.2) is 48.7 Å². The number of ether oxygens (including phenoxy) is 2. The smallest absolute Gasteiger partial charge is 0.253 e. The first kappa shape index (κ1) is 17.0. The van der Waals surface area contributed by atoms with E-state index in [9.17, 15) is 4.79 Å². The lowest BCUT2D eigenvalue weighted by atomic mass is 10.2. The number of nitrogens with two attached hydrogens (primary N) is 1. The molecule has 25 heavy (non-hydrogen) atoms. The van der Waals surface area contributed by atoms with Crippen LogP contribution in [0.4, 0.5) is 5.69 Å². The molecule has 1 aliphatic heterocycles. The maximum Gasteiger partial charge on any atom is 0.253 e. The number of hydrogen-bond acceptors (Lipinski definition) is 5. The van der Waals surface area contributed by atoms with Gasteiger partial charge in [0.05, 0.1) is 12.2 Å². The number of nitrogens with zero attached hydrogens (tertiary/aromatic N) is 2. The molecule has 3 rings (SSSR count). The first-order chi connectivity index (χ1) is 12.2. The van der Waals surface area contributed by atoms with Crippen molar-refractivity contribution >= 4 is 17.7 Å². The molecule has 1 aliphatic rings. The van der Waals surface area contributed by atoms with Gasteiger partial charge in [-0.2, -0.15) is 0 Å². The Kier molecular flexibility index (Phi) is 5.30. The lowest BCUT2D eigenvalue weighted by Crippen LogP contribution is -2.48. The molecule has 130 valence electrons. The second-order valence-corrected chi connectivity index (χ2v) is 5.84. The van der Waals surface area contributed by atoms with Gasteiger partial charge in [-0.1, -0.05) is 23.8 Å². The van der Waals surface area contributed by atoms with Crippen molar-refractivity contribution in [2.75, 3.05) is 24.7 Å². The number of aromatic nitrogens is 1. The molecule has 1 atom stereocenters. The van der Waals surface area contributed by atoms with Gasteiger partial charge < -0.3 is 20.1 Å². The SMILES string of the molecule is Cc1ccc(N2C[C@@H](COc3cccc(C=CN)n3)OCC2=O)cc1. The van der Waals surface area contributed by atoms with Crippen LogP contribution >= 0.6 is 0 Å². The van der Waals surface area contributed by atoms with Gasteiger partial charge in [-0.15, -0.1) is 0 Å². The molecule has 1 aromatic carbocycles. The second-order valence-electron chi connectivity index (χ2n) is 5.84. The molecule has 0 unspecified atom stereocenters. The van der Waals surface area contributed by atoms with Crippen LogP contribution in [0.5, 0.6) is 5.88 Å². The summed E-state index contributed by atoms with van der Waals surface area (Å²) in [6.07, 6.45) is 2.91. The molecular weight excluding hydrogens is 318 g/mol. The highest BCUT2D eigenvalue weighted by Gasteiger charge is 2.28.